The Hall–Kier alpha value is -0.820. The summed E-state index contributed by atoms with van der Waals surface area (Å²) in [6.45, 7) is 6.97. The molecule has 1 nitrogen and oxygen atoms in total. The molecule has 2 rings (SSSR count). The lowest BCUT2D eigenvalue weighted by atomic mass is 9.65. The SMILES string of the molecule is CCc1ccc(C(N)C2CCCCC2(C)C)cc1. The second kappa shape index (κ2) is 5.44. The smallest absolute Gasteiger partial charge is 0.0328 e. The van der Waals surface area contributed by atoms with Gasteiger partial charge in [-0.1, -0.05) is 57.9 Å². The van der Waals surface area contributed by atoms with E-state index in [1.54, 1.807) is 0 Å². The van der Waals surface area contributed by atoms with E-state index < -0.39 is 0 Å². The summed E-state index contributed by atoms with van der Waals surface area (Å²) in [4.78, 5) is 0. The summed E-state index contributed by atoms with van der Waals surface area (Å²) in [5.41, 5.74) is 9.64. The second-order valence-electron chi connectivity index (χ2n) is 6.46. The molecule has 18 heavy (non-hydrogen) atoms. The van der Waals surface area contributed by atoms with Gasteiger partial charge in [0.2, 0.25) is 0 Å². The van der Waals surface area contributed by atoms with Gasteiger partial charge in [-0.05, 0) is 41.7 Å². The van der Waals surface area contributed by atoms with Crippen LogP contribution in [0, 0.1) is 11.3 Å². The van der Waals surface area contributed by atoms with Crippen LogP contribution in [0.25, 0.3) is 0 Å². The maximum atomic E-state index is 6.54. The topological polar surface area (TPSA) is 26.0 Å². The Bertz CT molecular complexity index is 377. The molecule has 1 heteroatoms. The molecular weight excluding hydrogens is 218 g/mol. The number of rotatable bonds is 3. The maximum absolute atomic E-state index is 6.54. The Morgan fingerprint density at radius 2 is 1.89 bits per heavy atom. The molecule has 1 aliphatic rings. The predicted octanol–water partition coefficient (Wildman–Crippen LogP) is 4.47. The minimum absolute atomic E-state index is 0.200. The molecule has 0 radical (unpaired) electrons. The average molecular weight is 245 g/mol. The maximum Gasteiger partial charge on any atom is 0.0328 e. The largest absolute Gasteiger partial charge is 0.324 e. The number of aryl methyl sites for hydroxylation is 1. The summed E-state index contributed by atoms with van der Waals surface area (Å²) in [6, 6.07) is 9.12. The molecule has 0 aliphatic heterocycles. The minimum Gasteiger partial charge on any atom is -0.324 e. The van der Waals surface area contributed by atoms with E-state index in [1.807, 2.05) is 0 Å². The van der Waals surface area contributed by atoms with Crippen LogP contribution >= 0.6 is 0 Å². The van der Waals surface area contributed by atoms with Gasteiger partial charge in [-0.2, -0.15) is 0 Å². The van der Waals surface area contributed by atoms with E-state index in [9.17, 15) is 0 Å². The van der Waals surface area contributed by atoms with Gasteiger partial charge in [0.15, 0.2) is 0 Å². The van der Waals surface area contributed by atoms with E-state index >= 15 is 0 Å². The first-order valence-corrected chi connectivity index (χ1v) is 7.39. The third-order valence-corrected chi connectivity index (χ3v) is 4.80. The zero-order chi connectivity index (χ0) is 13.2. The lowest BCUT2D eigenvalue weighted by molar-refractivity contribution is 0.112. The molecule has 2 N–H and O–H groups in total. The van der Waals surface area contributed by atoms with Crippen LogP contribution in [0.5, 0.6) is 0 Å². The van der Waals surface area contributed by atoms with Gasteiger partial charge in [0.25, 0.3) is 0 Å². The highest BCUT2D eigenvalue weighted by Crippen LogP contribution is 2.45. The standard InChI is InChI=1S/C17H27N/c1-4-13-8-10-14(11-9-13)16(18)15-7-5-6-12-17(15,2)3/h8-11,15-16H,4-7,12,18H2,1-3H3. The zero-order valence-corrected chi connectivity index (χ0v) is 12.1. The fourth-order valence-corrected chi connectivity index (χ4v) is 3.39. The highest BCUT2D eigenvalue weighted by Gasteiger charge is 2.36. The van der Waals surface area contributed by atoms with Crippen LogP contribution in [0.15, 0.2) is 24.3 Å². The molecule has 0 spiro atoms. The van der Waals surface area contributed by atoms with Crippen molar-refractivity contribution in [3.63, 3.8) is 0 Å². The van der Waals surface area contributed by atoms with E-state index in [4.69, 9.17) is 5.73 Å². The van der Waals surface area contributed by atoms with Crippen LogP contribution in [0.4, 0.5) is 0 Å². The fourth-order valence-electron chi connectivity index (χ4n) is 3.39. The Morgan fingerprint density at radius 3 is 2.44 bits per heavy atom. The predicted molar refractivity (Wildman–Crippen MR) is 78.5 cm³/mol. The third-order valence-electron chi connectivity index (χ3n) is 4.80. The molecule has 1 fully saturated rings. The second-order valence-corrected chi connectivity index (χ2v) is 6.46. The van der Waals surface area contributed by atoms with Crippen LogP contribution in [0.1, 0.15) is 63.6 Å². The van der Waals surface area contributed by atoms with Crippen LogP contribution in [0.3, 0.4) is 0 Å². The minimum atomic E-state index is 0.200. The fraction of sp³-hybridized carbons (Fsp3) is 0.647. The average Bonchev–Trinajstić information content (AvgIpc) is 2.37. The summed E-state index contributed by atoms with van der Waals surface area (Å²) in [7, 11) is 0. The molecule has 0 heterocycles. The van der Waals surface area contributed by atoms with Crippen molar-refractivity contribution in [3.05, 3.63) is 35.4 Å². The van der Waals surface area contributed by atoms with Gasteiger partial charge in [-0.25, -0.2) is 0 Å². The van der Waals surface area contributed by atoms with Gasteiger partial charge in [-0.3, -0.25) is 0 Å². The molecule has 0 amide bonds. The summed E-state index contributed by atoms with van der Waals surface area (Å²) in [5.74, 6) is 0.624. The lowest BCUT2D eigenvalue weighted by Gasteiger charge is -2.42. The summed E-state index contributed by atoms with van der Waals surface area (Å²) < 4.78 is 0. The van der Waals surface area contributed by atoms with E-state index in [0.717, 1.165) is 6.42 Å². The highest BCUT2D eigenvalue weighted by molar-refractivity contribution is 5.25. The highest BCUT2D eigenvalue weighted by atomic mass is 14.7. The van der Waals surface area contributed by atoms with E-state index in [1.165, 1.54) is 36.8 Å². The Balaban J connectivity index is 2.16. The molecule has 1 saturated carbocycles. The zero-order valence-electron chi connectivity index (χ0n) is 12.1. The molecule has 0 bridgehead atoms. The summed E-state index contributed by atoms with van der Waals surface area (Å²) in [6.07, 6.45) is 6.41. The van der Waals surface area contributed by atoms with Crippen LogP contribution in [-0.4, -0.2) is 0 Å². The van der Waals surface area contributed by atoms with Crippen molar-refractivity contribution in [3.8, 4) is 0 Å². The van der Waals surface area contributed by atoms with Gasteiger partial charge < -0.3 is 5.73 Å². The van der Waals surface area contributed by atoms with Crippen molar-refractivity contribution in [1.29, 1.82) is 0 Å². The summed E-state index contributed by atoms with van der Waals surface area (Å²) >= 11 is 0. The quantitative estimate of drug-likeness (QED) is 0.835. The van der Waals surface area contributed by atoms with Crippen LogP contribution in [-0.2, 0) is 6.42 Å². The molecular formula is C17H27N. The van der Waals surface area contributed by atoms with Crippen LogP contribution in [0.2, 0.25) is 0 Å². The van der Waals surface area contributed by atoms with Crippen molar-refractivity contribution in [1.82, 2.24) is 0 Å². The first-order valence-electron chi connectivity index (χ1n) is 7.39. The molecule has 100 valence electrons. The Morgan fingerprint density at radius 1 is 1.22 bits per heavy atom. The van der Waals surface area contributed by atoms with Gasteiger partial charge in [-0.15, -0.1) is 0 Å². The van der Waals surface area contributed by atoms with Gasteiger partial charge >= 0.3 is 0 Å². The summed E-state index contributed by atoms with van der Waals surface area (Å²) in [5, 5.41) is 0. The monoisotopic (exact) mass is 245 g/mol. The first kappa shape index (κ1) is 13.6. The molecule has 0 aromatic heterocycles. The molecule has 2 unspecified atom stereocenters. The first-order chi connectivity index (χ1) is 8.54. The van der Waals surface area contributed by atoms with Gasteiger partial charge in [0.05, 0.1) is 0 Å². The van der Waals surface area contributed by atoms with Gasteiger partial charge in [0.1, 0.15) is 0 Å². The van der Waals surface area contributed by atoms with Crippen molar-refractivity contribution >= 4 is 0 Å². The van der Waals surface area contributed by atoms with Crippen molar-refractivity contribution in [2.75, 3.05) is 0 Å². The number of nitrogens with two attached hydrogens (primary N) is 1. The molecule has 1 aromatic rings. The normalized spacial score (nSPS) is 24.8. The number of benzene rings is 1. The number of hydrogen-bond acceptors (Lipinski definition) is 1. The van der Waals surface area contributed by atoms with Crippen molar-refractivity contribution < 1.29 is 0 Å². The van der Waals surface area contributed by atoms with Crippen molar-refractivity contribution in [2.24, 2.45) is 17.1 Å². The van der Waals surface area contributed by atoms with Gasteiger partial charge in [0, 0.05) is 6.04 Å². The molecule has 0 saturated heterocycles. The van der Waals surface area contributed by atoms with E-state index in [0.29, 0.717) is 11.3 Å². The molecule has 1 aromatic carbocycles. The van der Waals surface area contributed by atoms with Crippen molar-refractivity contribution in [2.45, 2.75) is 58.9 Å². The molecule has 2 atom stereocenters. The van der Waals surface area contributed by atoms with E-state index in [-0.39, 0.29) is 6.04 Å². The van der Waals surface area contributed by atoms with E-state index in [2.05, 4.69) is 45.0 Å². The third kappa shape index (κ3) is 2.77. The molecule has 1 aliphatic carbocycles. The Kier molecular flexibility index (Phi) is 4.11. The van der Waals surface area contributed by atoms with Crippen LogP contribution < -0.4 is 5.73 Å². The lowest BCUT2D eigenvalue weighted by Crippen LogP contribution is -2.36. The Labute approximate surface area is 112 Å². The number of hydrogen-bond donors (Lipinski definition) is 1.